The lowest BCUT2D eigenvalue weighted by atomic mass is 10.1. The molecule has 4 nitrogen and oxygen atoms in total. The van der Waals surface area contributed by atoms with E-state index in [0.717, 1.165) is 11.3 Å². The smallest absolute Gasteiger partial charge is 0.348 e. The largest absolute Gasteiger partial charge is 0.477 e. The summed E-state index contributed by atoms with van der Waals surface area (Å²) in [7, 11) is 0. The van der Waals surface area contributed by atoms with Gasteiger partial charge in [0.1, 0.15) is 10.7 Å². The number of hydrogen-bond acceptors (Lipinski definition) is 3. The molecule has 0 bridgehead atoms. The van der Waals surface area contributed by atoms with E-state index in [1.54, 1.807) is 28.9 Å². The SMILES string of the molecule is O=C(O)c1sc2nccn2c1-c1cccc(F)c1. The van der Waals surface area contributed by atoms with E-state index < -0.39 is 11.8 Å². The molecule has 1 aromatic carbocycles. The Labute approximate surface area is 105 Å². The fraction of sp³-hybridized carbons (Fsp3) is 0. The second-order valence-electron chi connectivity index (χ2n) is 3.68. The summed E-state index contributed by atoms with van der Waals surface area (Å²) in [4.78, 5) is 16.0. The molecule has 0 amide bonds. The Hall–Kier alpha value is -2.21. The van der Waals surface area contributed by atoms with Gasteiger partial charge in [0.05, 0.1) is 5.69 Å². The number of aromatic carboxylic acids is 1. The summed E-state index contributed by atoms with van der Waals surface area (Å²) in [5.74, 6) is -1.44. The van der Waals surface area contributed by atoms with Gasteiger partial charge in [-0.25, -0.2) is 14.2 Å². The van der Waals surface area contributed by atoms with Gasteiger partial charge in [-0.15, -0.1) is 0 Å². The summed E-state index contributed by atoms with van der Waals surface area (Å²) in [6.45, 7) is 0. The predicted molar refractivity (Wildman–Crippen MR) is 65.4 cm³/mol. The van der Waals surface area contributed by atoms with Gasteiger partial charge in [0, 0.05) is 18.0 Å². The van der Waals surface area contributed by atoms with E-state index in [9.17, 15) is 14.3 Å². The zero-order chi connectivity index (χ0) is 12.7. The van der Waals surface area contributed by atoms with Crippen molar-refractivity contribution in [2.45, 2.75) is 0 Å². The summed E-state index contributed by atoms with van der Waals surface area (Å²) in [6.07, 6.45) is 3.25. The molecular weight excluding hydrogens is 255 g/mol. The molecule has 0 unspecified atom stereocenters. The number of fused-ring (bicyclic) bond motifs is 1. The monoisotopic (exact) mass is 262 g/mol. The molecular formula is C12H7FN2O2S. The van der Waals surface area contributed by atoms with Crippen molar-refractivity contribution in [3.8, 4) is 11.3 Å². The lowest BCUT2D eigenvalue weighted by Crippen LogP contribution is -1.97. The first-order valence-electron chi connectivity index (χ1n) is 5.12. The van der Waals surface area contributed by atoms with Crippen LogP contribution in [0.1, 0.15) is 9.67 Å². The van der Waals surface area contributed by atoms with Crippen molar-refractivity contribution >= 4 is 22.3 Å². The molecule has 90 valence electrons. The zero-order valence-electron chi connectivity index (χ0n) is 9.00. The van der Waals surface area contributed by atoms with E-state index in [1.807, 2.05) is 0 Å². The molecule has 2 aromatic heterocycles. The van der Waals surface area contributed by atoms with Crippen LogP contribution >= 0.6 is 11.3 Å². The van der Waals surface area contributed by atoms with Crippen LogP contribution in [0.4, 0.5) is 4.39 Å². The third-order valence-electron chi connectivity index (χ3n) is 2.55. The van der Waals surface area contributed by atoms with Crippen LogP contribution in [0.2, 0.25) is 0 Å². The van der Waals surface area contributed by atoms with Crippen molar-refractivity contribution in [1.82, 2.24) is 9.38 Å². The Balaban J connectivity index is 2.35. The van der Waals surface area contributed by atoms with Crippen molar-refractivity contribution in [2.24, 2.45) is 0 Å². The molecule has 3 rings (SSSR count). The number of halogens is 1. The minimum atomic E-state index is -1.04. The maximum atomic E-state index is 13.2. The Kier molecular flexibility index (Phi) is 2.38. The van der Waals surface area contributed by atoms with E-state index in [0.29, 0.717) is 16.2 Å². The highest BCUT2D eigenvalue weighted by Gasteiger charge is 2.20. The highest BCUT2D eigenvalue weighted by Crippen LogP contribution is 2.31. The van der Waals surface area contributed by atoms with Crippen LogP contribution in [0, 0.1) is 5.82 Å². The van der Waals surface area contributed by atoms with Gasteiger partial charge >= 0.3 is 5.97 Å². The van der Waals surface area contributed by atoms with E-state index in [-0.39, 0.29) is 4.88 Å². The summed E-state index contributed by atoms with van der Waals surface area (Å²) in [5.41, 5.74) is 0.983. The minimum Gasteiger partial charge on any atom is -0.477 e. The van der Waals surface area contributed by atoms with Crippen LogP contribution in [-0.4, -0.2) is 20.5 Å². The third-order valence-corrected chi connectivity index (χ3v) is 3.61. The Bertz CT molecular complexity index is 747. The van der Waals surface area contributed by atoms with Crippen LogP contribution in [-0.2, 0) is 0 Å². The molecule has 0 aliphatic heterocycles. The normalized spacial score (nSPS) is 10.9. The van der Waals surface area contributed by atoms with Gasteiger partial charge < -0.3 is 5.11 Å². The second kappa shape index (κ2) is 3.92. The van der Waals surface area contributed by atoms with Crippen LogP contribution in [0.15, 0.2) is 36.7 Å². The van der Waals surface area contributed by atoms with Crippen molar-refractivity contribution in [3.63, 3.8) is 0 Å². The number of imidazole rings is 1. The number of benzene rings is 1. The van der Waals surface area contributed by atoms with Gasteiger partial charge in [-0.05, 0) is 12.1 Å². The average Bonchev–Trinajstić information content (AvgIpc) is 2.87. The Morgan fingerprint density at radius 3 is 3.00 bits per heavy atom. The molecule has 18 heavy (non-hydrogen) atoms. The summed E-state index contributed by atoms with van der Waals surface area (Å²) in [6, 6.07) is 5.86. The predicted octanol–water partition coefficient (Wildman–Crippen LogP) is 2.90. The van der Waals surface area contributed by atoms with E-state index in [1.165, 1.54) is 12.1 Å². The molecule has 0 saturated carbocycles. The van der Waals surface area contributed by atoms with Crippen molar-refractivity contribution in [1.29, 1.82) is 0 Å². The lowest BCUT2D eigenvalue weighted by molar-refractivity contribution is 0.0702. The van der Waals surface area contributed by atoms with Crippen molar-refractivity contribution < 1.29 is 14.3 Å². The minimum absolute atomic E-state index is 0.156. The number of thiazole rings is 1. The zero-order valence-corrected chi connectivity index (χ0v) is 9.82. The highest BCUT2D eigenvalue weighted by molar-refractivity contribution is 7.19. The number of carbonyl (C=O) groups is 1. The number of carboxylic acid groups (broad SMARTS) is 1. The third kappa shape index (κ3) is 1.58. The molecule has 3 aromatic rings. The number of nitrogens with zero attached hydrogens (tertiary/aromatic N) is 2. The molecule has 0 aliphatic rings. The number of rotatable bonds is 2. The van der Waals surface area contributed by atoms with Gasteiger partial charge in [-0.1, -0.05) is 23.5 Å². The first kappa shape index (κ1) is 10.9. The molecule has 0 fully saturated rings. The standard InChI is InChI=1S/C12H7FN2O2S/c13-8-3-1-2-7(6-8)9-10(11(16)17)18-12-14-4-5-15(9)12/h1-6H,(H,16,17). The van der Waals surface area contributed by atoms with Crippen LogP contribution < -0.4 is 0 Å². The van der Waals surface area contributed by atoms with Gasteiger partial charge in [0.15, 0.2) is 4.96 Å². The number of carboxylic acids is 1. The summed E-state index contributed by atoms with van der Waals surface area (Å²) in [5, 5.41) is 9.19. The molecule has 0 atom stereocenters. The van der Waals surface area contributed by atoms with Crippen LogP contribution in [0.25, 0.3) is 16.2 Å². The van der Waals surface area contributed by atoms with Gasteiger partial charge in [0.2, 0.25) is 0 Å². The fourth-order valence-electron chi connectivity index (χ4n) is 1.84. The Morgan fingerprint density at radius 1 is 1.44 bits per heavy atom. The average molecular weight is 262 g/mol. The van der Waals surface area contributed by atoms with Gasteiger partial charge in [-0.2, -0.15) is 0 Å². The maximum absolute atomic E-state index is 13.2. The molecule has 0 spiro atoms. The number of hydrogen-bond donors (Lipinski definition) is 1. The Morgan fingerprint density at radius 2 is 2.28 bits per heavy atom. The van der Waals surface area contributed by atoms with Crippen molar-refractivity contribution in [3.05, 3.63) is 47.4 Å². The second-order valence-corrected chi connectivity index (χ2v) is 4.65. The first-order chi connectivity index (χ1) is 8.66. The molecule has 0 radical (unpaired) electrons. The lowest BCUT2D eigenvalue weighted by Gasteiger charge is -2.02. The maximum Gasteiger partial charge on any atom is 0.348 e. The summed E-state index contributed by atoms with van der Waals surface area (Å²) < 4.78 is 14.9. The highest BCUT2D eigenvalue weighted by atomic mass is 32.1. The number of aromatic nitrogens is 2. The molecule has 6 heteroatoms. The summed E-state index contributed by atoms with van der Waals surface area (Å²) >= 11 is 1.07. The quantitative estimate of drug-likeness (QED) is 0.772. The van der Waals surface area contributed by atoms with Crippen LogP contribution in [0.5, 0.6) is 0 Å². The van der Waals surface area contributed by atoms with E-state index in [4.69, 9.17) is 0 Å². The van der Waals surface area contributed by atoms with Crippen molar-refractivity contribution in [2.75, 3.05) is 0 Å². The van der Waals surface area contributed by atoms with Crippen LogP contribution in [0.3, 0.4) is 0 Å². The molecule has 2 heterocycles. The van der Waals surface area contributed by atoms with Gasteiger partial charge in [-0.3, -0.25) is 4.40 Å². The fourth-order valence-corrected chi connectivity index (χ4v) is 2.78. The molecule has 1 N–H and O–H groups in total. The topological polar surface area (TPSA) is 54.6 Å². The first-order valence-corrected chi connectivity index (χ1v) is 5.93. The van der Waals surface area contributed by atoms with E-state index in [2.05, 4.69) is 4.98 Å². The molecule has 0 saturated heterocycles. The van der Waals surface area contributed by atoms with Gasteiger partial charge in [0.25, 0.3) is 0 Å². The molecule has 0 aliphatic carbocycles. The van der Waals surface area contributed by atoms with E-state index >= 15 is 0 Å².